The molecule has 0 fully saturated rings. The second-order valence-corrected chi connectivity index (χ2v) is 6.54. The molecule has 110 valence electrons. The van der Waals surface area contributed by atoms with Gasteiger partial charge in [0.25, 0.3) is 0 Å². The third-order valence-corrected chi connectivity index (χ3v) is 4.85. The first kappa shape index (κ1) is 14.1. The summed E-state index contributed by atoms with van der Waals surface area (Å²) < 4.78 is 23.0. The zero-order chi connectivity index (χ0) is 14.8. The van der Waals surface area contributed by atoms with E-state index in [4.69, 9.17) is 15.2 Å². The quantitative estimate of drug-likeness (QED) is 0.943. The van der Waals surface area contributed by atoms with Crippen molar-refractivity contribution in [3.05, 3.63) is 53.6 Å². The van der Waals surface area contributed by atoms with Crippen LogP contribution in [0.15, 0.2) is 47.4 Å². The standard InChI is InChI=1S/C16H17NO3S/c1-11-3-2-4-13(7-11)21(18)9-14(17)12-5-6-15-16(8-12)20-10-19-15/h2-8,14H,9-10,17H2,1H3. The molecule has 0 saturated heterocycles. The molecule has 0 bridgehead atoms. The first-order valence-electron chi connectivity index (χ1n) is 6.73. The van der Waals surface area contributed by atoms with Crippen LogP contribution >= 0.6 is 0 Å². The van der Waals surface area contributed by atoms with Crippen molar-refractivity contribution in [1.29, 1.82) is 0 Å². The summed E-state index contributed by atoms with van der Waals surface area (Å²) in [6.07, 6.45) is 0. The Hall–Kier alpha value is -1.85. The van der Waals surface area contributed by atoms with Crippen LogP contribution in [0.4, 0.5) is 0 Å². The number of rotatable bonds is 4. The van der Waals surface area contributed by atoms with E-state index in [1.54, 1.807) is 0 Å². The second-order valence-electron chi connectivity index (χ2n) is 5.05. The molecule has 2 unspecified atom stereocenters. The van der Waals surface area contributed by atoms with Gasteiger partial charge < -0.3 is 15.2 Å². The van der Waals surface area contributed by atoms with Crippen molar-refractivity contribution in [2.45, 2.75) is 17.9 Å². The van der Waals surface area contributed by atoms with E-state index < -0.39 is 10.8 Å². The van der Waals surface area contributed by atoms with Gasteiger partial charge in [-0.15, -0.1) is 0 Å². The smallest absolute Gasteiger partial charge is 0.231 e. The molecule has 21 heavy (non-hydrogen) atoms. The van der Waals surface area contributed by atoms with Crippen molar-refractivity contribution in [3.63, 3.8) is 0 Å². The lowest BCUT2D eigenvalue weighted by molar-refractivity contribution is 0.174. The van der Waals surface area contributed by atoms with Crippen LogP contribution in [0.1, 0.15) is 17.2 Å². The summed E-state index contributed by atoms with van der Waals surface area (Å²) in [6, 6.07) is 13.0. The Bertz CT molecular complexity index is 687. The van der Waals surface area contributed by atoms with Crippen molar-refractivity contribution in [1.82, 2.24) is 0 Å². The molecular weight excluding hydrogens is 286 g/mol. The fourth-order valence-electron chi connectivity index (χ4n) is 2.26. The minimum absolute atomic E-state index is 0.239. The van der Waals surface area contributed by atoms with Gasteiger partial charge in [0.2, 0.25) is 6.79 Å². The Morgan fingerprint density at radius 1 is 1.19 bits per heavy atom. The van der Waals surface area contributed by atoms with E-state index in [9.17, 15) is 4.21 Å². The molecule has 2 atom stereocenters. The number of aryl methyl sites for hydroxylation is 1. The maximum absolute atomic E-state index is 12.4. The molecule has 1 heterocycles. The van der Waals surface area contributed by atoms with Gasteiger partial charge in [-0.2, -0.15) is 0 Å². The monoisotopic (exact) mass is 303 g/mol. The molecule has 4 nitrogen and oxygen atoms in total. The van der Waals surface area contributed by atoms with Crippen molar-refractivity contribution < 1.29 is 13.7 Å². The van der Waals surface area contributed by atoms with E-state index in [1.807, 2.05) is 49.4 Å². The highest BCUT2D eigenvalue weighted by Crippen LogP contribution is 2.34. The summed E-state index contributed by atoms with van der Waals surface area (Å²) in [4.78, 5) is 0.811. The van der Waals surface area contributed by atoms with Gasteiger partial charge in [-0.25, -0.2) is 0 Å². The van der Waals surface area contributed by atoms with Gasteiger partial charge in [0.1, 0.15) is 0 Å². The molecule has 3 rings (SSSR count). The fourth-order valence-corrected chi connectivity index (χ4v) is 3.52. The SMILES string of the molecule is Cc1cccc(S(=O)CC(N)c2ccc3c(c2)OCO3)c1. The largest absolute Gasteiger partial charge is 0.454 e. The zero-order valence-electron chi connectivity index (χ0n) is 11.7. The van der Waals surface area contributed by atoms with Gasteiger partial charge in [0.15, 0.2) is 11.5 Å². The minimum atomic E-state index is -1.12. The lowest BCUT2D eigenvalue weighted by atomic mass is 10.1. The highest BCUT2D eigenvalue weighted by molar-refractivity contribution is 7.85. The van der Waals surface area contributed by atoms with Crippen LogP contribution in [-0.4, -0.2) is 16.8 Å². The highest BCUT2D eigenvalue weighted by Gasteiger charge is 2.18. The number of nitrogens with two attached hydrogens (primary N) is 1. The molecule has 0 aliphatic carbocycles. The summed E-state index contributed by atoms with van der Waals surface area (Å²) in [6.45, 7) is 2.22. The predicted octanol–water partition coefficient (Wildman–Crippen LogP) is 2.53. The Kier molecular flexibility index (Phi) is 3.94. The Morgan fingerprint density at radius 2 is 2.00 bits per heavy atom. The van der Waals surface area contributed by atoms with E-state index in [1.165, 1.54) is 0 Å². The molecule has 0 aromatic heterocycles. The summed E-state index contributed by atoms with van der Waals surface area (Å²) in [5.41, 5.74) is 8.17. The number of fused-ring (bicyclic) bond motifs is 1. The van der Waals surface area contributed by atoms with Crippen molar-refractivity contribution in [2.75, 3.05) is 12.5 Å². The maximum atomic E-state index is 12.4. The average molecular weight is 303 g/mol. The summed E-state index contributed by atoms with van der Waals surface area (Å²) in [5, 5.41) is 0. The molecule has 0 saturated carbocycles. The molecule has 2 N–H and O–H groups in total. The van der Waals surface area contributed by atoms with Crippen molar-refractivity contribution >= 4 is 10.8 Å². The summed E-state index contributed by atoms with van der Waals surface area (Å²) in [5.74, 6) is 1.80. The second kappa shape index (κ2) is 5.87. The maximum Gasteiger partial charge on any atom is 0.231 e. The lowest BCUT2D eigenvalue weighted by Gasteiger charge is -2.12. The Labute approximate surface area is 126 Å². The highest BCUT2D eigenvalue weighted by atomic mass is 32.2. The first-order chi connectivity index (χ1) is 10.1. The Morgan fingerprint density at radius 3 is 2.81 bits per heavy atom. The first-order valence-corrected chi connectivity index (χ1v) is 8.05. The third kappa shape index (κ3) is 3.09. The van der Waals surface area contributed by atoms with Gasteiger partial charge in [-0.3, -0.25) is 4.21 Å². The number of ether oxygens (including phenoxy) is 2. The van der Waals surface area contributed by atoms with E-state index in [2.05, 4.69) is 0 Å². The minimum Gasteiger partial charge on any atom is -0.454 e. The van der Waals surface area contributed by atoms with Crippen LogP contribution in [-0.2, 0) is 10.8 Å². The summed E-state index contributed by atoms with van der Waals surface area (Å²) in [7, 11) is -1.12. The molecule has 0 radical (unpaired) electrons. The topological polar surface area (TPSA) is 61.6 Å². The Balaban J connectivity index is 1.74. The van der Waals surface area contributed by atoms with Crippen LogP contribution < -0.4 is 15.2 Å². The van der Waals surface area contributed by atoms with Crippen LogP contribution in [0.25, 0.3) is 0 Å². The molecule has 1 aliphatic heterocycles. The van der Waals surface area contributed by atoms with E-state index in [0.29, 0.717) is 11.5 Å². The molecule has 1 aliphatic rings. The molecule has 5 heteroatoms. The van der Waals surface area contributed by atoms with Gasteiger partial charge >= 0.3 is 0 Å². The van der Waals surface area contributed by atoms with E-state index >= 15 is 0 Å². The lowest BCUT2D eigenvalue weighted by Crippen LogP contribution is -2.18. The van der Waals surface area contributed by atoms with E-state index in [-0.39, 0.29) is 12.8 Å². The molecule has 2 aromatic carbocycles. The molecule has 0 spiro atoms. The summed E-state index contributed by atoms with van der Waals surface area (Å²) >= 11 is 0. The molecular formula is C16H17NO3S. The van der Waals surface area contributed by atoms with Gasteiger partial charge in [-0.05, 0) is 42.3 Å². The van der Waals surface area contributed by atoms with Crippen molar-refractivity contribution in [3.8, 4) is 11.5 Å². The zero-order valence-corrected chi connectivity index (χ0v) is 12.6. The number of hydrogen-bond acceptors (Lipinski definition) is 4. The van der Waals surface area contributed by atoms with Crippen LogP contribution in [0.3, 0.4) is 0 Å². The van der Waals surface area contributed by atoms with Crippen LogP contribution in [0.2, 0.25) is 0 Å². The van der Waals surface area contributed by atoms with Gasteiger partial charge in [-0.1, -0.05) is 18.2 Å². The predicted molar refractivity (Wildman–Crippen MR) is 81.9 cm³/mol. The number of benzene rings is 2. The normalized spacial score (nSPS) is 15.7. The fraction of sp³-hybridized carbons (Fsp3) is 0.250. The average Bonchev–Trinajstić information content (AvgIpc) is 2.94. The van der Waals surface area contributed by atoms with Gasteiger partial charge in [0.05, 0.1) is 10.8 Å². The van der Waals surface area contributed by atoms with Gasteiger partial charge in [0, 0.05) is 16.7 Å². The molecule has 2 aromatic rings. The van der Waals surface area contributed by atoms with E-state index in [0.717, 1.165) is 21.8 Å². The third-order valence-electron chi connectivity index (χ3n) is 3.41. The van der Waals surface area contributed by atoms with Crippen LogP contribution in [0.5, 0.6) is 11.5 Å². The molecule has 0 amide bonds. The van der Waals surface area contributed by atoms with Crippen LogP contribution in [0, 0.1) is 6.92 Å². The number of hydrogen-bond donors (Lipinski definition) is 1. The van der Waals surface area contributed by atoms with Crippen molar-refractivity contribution in [2.24, 2.45) is 5.73 Å².